The van der Waals surface area contributed by atoms with Crippen molar-refractivity contribution in [2.45, 2.75) is 6.54 Å². The van der Waals surface area contributed by atoms with Gasteiger partial charge in [0.2, 0.25) is 0 Å². The van der Waals surface area contributed by atoms with E-state index in [0.29, 0.717) is 0 Å². The number of thiophene rings is 1. The molecule has 1 fully saturated rings. The number of hydrogen-bond acceptors (Lipinski definition) is 4. The van der Waals surface area contributed by atoms with Crippen molar-refractivity contribution in [1.82, 2.24) is 4.90 Å². The molecule has 1 saturated heterocycles. The maximum atomic E-state index is 6.28. The zero-order chi connectivity index (χ0) is 13.9. The standard InChI is InChI=1S/C15H18ClN3S/c16-14-10-12(17)3-4-15(14)19-7-5-18(6-8-19)11-13-2-1-9-20-13/h1-4,9-10H,5-8,11,17H2. The van der Waals surface area contributed by atoms with E-state index < -0.39 is 0 Å². The van der Waals surface area contributed by atoms with E-state index in [1.807, 2.05) is 29.5 Å². The molecule has 3 nitrogen and oxygen atoms in total. The highest BCUT2D eigenvalue weighted by atomic mass is 35.5. The van der Waals surface area contributed by atoms with Crippen molar-refractivity contribution in [2.75, 3.05) is 36.8 Å². The topological polar surface area (TPSA) is 32.5 Å². The number of nitrogens with zero attached hydrogens (tertiary/aromatic N) is 2. The van der Waals surface area contributed by atoms with Crippen molar-refractivity contribution in [3.63, 3.8) is 0 Å². The largest absolute Gasteiger partial charge is 0.399 e. The summed E-state index contributed by atoms with van der Waals surface area (Å²) in [5.41, 5.74) is 7.56. The SMILES string of the molecule is Nc1ccc(N2CCN(Cc3cccs3)CC2)c(Cl)c1. The summed E-state index contributed by atoms with van der Waals surface area (Å²) in [7, 11) is 0. The van der Waals surface area contributed by atoms with Crippen LogP contribution in [0, 0.1) is 0 Å². The molecule has 5 heteroatoms. The normalized spacial score (nSPS) is 16.6. The summed E-state index contributed by atoms with van der Waals surface area (Å²) in [5, 5.41) is 2.89. The Labute approximate surface area is 128 Å². The second kappa shape index (κ2) is 6.04. The van der Waals surface area contributed by atoms with Gasteiger partial charge in [0.1, 0.15) is 0 Å². The minimum absolute atomic E-state index is 0.718. The fourth-order valence-corrected chi connectivity index (χ4v) is 3.60. The predicted molar refractivity (Wildman–Crippen MR) is 87.7 cm³/mol. The third-order valence-electron chi connectivity index (χ3n) is 3.64. The van der Waals surface area contributed by atoms with Gasteiger partial charge in [-0.2, -0.15) is 0 Å². The Balaban J connectivity index is 1.60. The van der Waals surface area contributed by atoms with Gasteiger partial charge in [0.05, 0.1) is 10.7 Å². The molecule has 1 aliphatic heterocycles. The molecule has 2 N–H and O–H groups in total. The molecule has 20 heavy (non-hydrogen) atoms. The van der Waals surface area contributed by atoms with Crippen LogP contribution in [0.15, 0.2) is 35.7 Å². The van der Waals surface area contributed by atoms with E-state index in [9.17, 15) is 0 Å². The molecule has 0 atom stereocenters. The van der Waals surface area contributed by atoms with Gasteiger partial charge in [0.15, 0.2) is 0 Å². The predicted octanol–water partition coefficient (Wildman–Crippen LogP) is 3.31. The molecule has 0 unspecified atom stereocenters. The number of nitrogen functional groups attached to an aromatic ring is 1. The van der Waals surface area contributed by atoms with Gasteiger partial charge in [-0.05, 0) is 29.6 Å². The number of benzene rings is 1. The Kier molecular flexibility index (Phi) is 4.15. The van der Waals surface area contributed by atoms with Crippen LogP contribution in [0.2, 0.25) is 5.02 Å². The Morgan fingerprint density at radius 3 is 2.60 bits per heavy atom. The quantitative estimate of drug-likeness (QED) is 0.883. The van der Waals surface area contributed by atoms with Crippen LogP contribution in [0.3, 0.4) is 0 Å². The summed E-state index contributed by atoms with van der Waals surface area (Å²) in [6.45, 7) is 5.21. The molecule has 1 aromatic heterocycles. The second-order valence-corrected chi connectivity index (χ2v) is 6.49. The van der Waals surface area contributed by atoms with Crippen LogP contribution in [0.1, 0.15) is 4.88 Å². The summed E-state index contributed by atoms with van der Waals surface area (Å²) in [4.78, 5) is 6.27. The molecule has 1 aromatic carbocycles. The average molecular weight is 308 g/mol. The van der Waals surface area contributed by atoms with Crippen molar-refractivity contribution in [3.8, 4) is 0 Å². The highest BCUT2D eigenvalue weighted by Crippen LogP contribution is 2.28. The first-order valence-electron chi connectivity index (χ1n) is 6.77. The van der Waals surface area contributed by atoms with Crippen LogP contribution < -0.4 is 10.6 Å². The van der Waals surface area contributed by atoms with Gasteiger partial charge in [-0.3, -0.25) is 4.90 Å². The lowest BCUT2D eigenvalue weighted by atomic mass is 10.2. The summed E-state index contributed by atoms with van der Waals surface area (Å²) in [6.07, 6.45) is 0. The lowest BCUT2D eigenvalue weighted by molar-refractivity contribution is 0.252. The molecule has 1 aliphatic rings. The number of piperazine rings is 1. The first kappa shape index (κ1) is 13.7. The molecule has 0 bridgehead atoms. The Morgan fingerprint density at radius 1 is 1.15 bits per heavy atom. The van der Waals surface area contributed by atoms with Gasteiger partial charge in [0, 0.05) is 43.3 Å². The molecule has 3 rings (SSSR count). The number of rotatable bonds is 3. The van der Waals surface area contributed by atoms with Crippen molar-refractivity contribution in [3.05, 3.63) is 45.6 Å². The third kappa shape index (κ3) is 3.08. The van der Waals surface area contributed by atoms with Crippen LogP contribution in [-0.2, 0) is 6.54 Å². The van der Waals surface area contributed by atoms with Crippen molar-refractivity contribution in [1.29, 1.82) is 0 Å². The number of anilines is 2. The first-order valence-corrected chi connectivity index (χ1v) is 8.03. The van der Waals surface area contributed by atoms with E-state index in [1.165, 1.54) is 4.88 Å². The first-order chi connectivity index (χ1) is 9.72. The van der Waals surface area contributed by atoms with E-state index in [-0.39, 0.29) is 0 Å². The molecule has 0 aliphatic carbocycles. The smallest absolute Gasteiger partial charge is 0.0660 e. The monoisotopic (exact) mass is 307 g/mol. The number of hydrogen-bond donors (Lipinski definition) is 1. The van der Waals surface area contributed by atoms with Gasteiger partial charge in [0.25, 0.3) is 0 Å². The van der Waals surface area contributed by atoms with E-state index in [4.69, 9.17) is 17.3 Å². The lowest BCUT2D eigenvalue weighted by Gasteiger charge is -2.36. The maximum absolute atomic E-state index is 6.28. The number of nitrogens with two attached hydrogens (primary N) is 1. The highest BCUT2D eigenvalue weighted by molar-refractivity contribution is 7.09. The zero-order valence-electron chi connectivity index (χ0n) is 11.3. The fraction of sp³-hybridized carbons (Fsp3) is 0.333. The van der Waals surface area contributed by atoms with Crippen molar-refractivity contribution in [2.24, 2.45) is 0 Å². The van der Waals surface area contributed by atoms with Crippen LogP contribution in [-0.4, -0.2) is 31.1 Å². The highest BCUT2D eigenvalue weighted by Gasteiger charge is 2.19. The van der Waals surface area contributed by atoms with E-state index in [2.05, 4.69) is 27.3 Å². The average Bonchev–Trinajstić information content (AvgIpc) is 2.93. The molecule has 0 radical (unpaired) electrons. The number of halogens is 1. The molecule has 0 saturated carbocycles. The van der Waals surface area contributed by atoms with Gasteiger partial charge < -0.3 is 10.6 Å². The van der Waals surface area contributed by atoms with Crippen molar-refractivity contribution < 1.29 is 0 Å². The van der Waals surface area contributed by atoms with Gasteiger partial charge in [-0.15, -0.1) is 11.3 Å². The minimum atomic E-state index is 0.718. The Hall–Kier alpha value is -1.23. The molecule has 2 heterocycles. The molecule has 106 valence electrons. The molecule has 0 amide bonds. The lowest BCUT2D eigenvalue weighted by Crippen LogP contribution is -2.45. The van der Waals surface area contributed by atoms with Crippen LogP contribution >= 0.6 is 22.9 Å². The summed E-state index contributed by atoms with van der Waals surface area (Å²) < 4.78 is 0. The third-order valence-corrected chi connectivity index (χ3v) is 4.81. The van der Waals surface area contributed by atoms with E-state index >= 15 is 0 Å². The minimum Gasteiger partial charge on any atom is -0.399 e. The molecule has 2 aromatic rings. The van der Waals surface area contributed by atoms with Gasteiger partial charge >= 0.3 is 0 Å². The van der Waals surface area contributed by atoms with Gasteiger partial charge in [-0.25, -0.2) is 0 Å². The van der Waals surface area contributed by atoms with Crippen molar-refractivity contribution >= 4 is 34.3 Å². The summed E-state index contributed by atoms with van der Waals surface area (Å²) in [6, 6.07) is 10.1. The maximum Gasteiger partial charge on any atom is 0.0660 e. The summed E-state index contributed by atoms with van der Waals surface area (Å²) in [5.74, 6) is 0. The van der Waals surface area contributed by atoms with Crippen LogP contribution in [0.5, 0.6) is 0 Å². The molecular formula is C15H18ClN3S. The molecule has 0 spiro atoms. The van der Waals surface area contributed by atoms with Gasteiger partial charge in [-0.1, -0.05) is 17.7 Å². The Bertz CT molecular complexity index is 563. The van der Waals surface area contributed by atoms with E-state index in [1.54, 1.807) is 0 Å². The molecular weight excluding hydrogens is 290 g/mol. The van der Waals surface area contributed by atoms with Crippen LogP contribution in [0.25, 0.3) is 0 Å². The van der Waals surface area contributed by atoms with Crippen LogP contribution in [0.4, 0.5) is 11.4 Å². The fourth-order valence-electron chi connectivity index (χ4n) is 2.55. The zero-order valence-corrected chi connectivity index (χ0v) is 12.8. The van der Waals surface area contributed by atoms with E-state index in [0.717, 1.165) is 49.1 Å². The summed E-state index contributed by atoms with van der Waals surface area (Å²) >= 11 is 8.11. The second-order valence-electron chi connectivity index (χ2n) is 5.05. The Morgan fingerprint density at radius 2 is 1.95 bits per heavy atom.